The Hall–Kier alpha value is -1.66. The Labute approximate surface area is 120 Å². The van der Waals surface area contributed by atoms with Crippen molar-refractivity contribution in [1.82, 2.24) is 4.98 Å². The number of pyridine rings is 1. The Kier molecular flexibility index (Phi) is 4.01. The SMILES string of the molecule is O=C(O)c1cc(Oc2ccc(F)cc2Br)ncc1Cl. The highest BCUT2D eigenvalue weighted by molar-refractivity contribution is 9.10. The number of aromatic carboxylic acids is 1. The lowest BCUT2D eigenvalue weighted by molar-refractivity contribution is 0.0696. The first-order chi connectivity index (χ1) is 8.97. The van der Waals surface area contributed by atoms with Crippen LogP contribution < -0.4 is 4.74 Å². The van der Waals surface area contributed by atoms with Crippen LogP contribution >= 0.6 is 27.5 Å². The number of ether oxygens (including phenoxy) is 1. The zero-order chi connectivity index (χ0) is 14.0. The number of hydrogen-bond acceptors (Lipinski definition) is 3. The third kappa shape index (κ3) is 3.21. The fourth-order valence-electron chi connectivity index (χ4n) is 1.31. The molecule has 0 spiro atoms. The van der Waals surface area contributed by atoms with E-state index in [0.29, 0.717) is 10.2 Å². The largest absolute Gasteiger partial charge is 0.478 e. The van der Waals surface area contributed by atoms with Crippen LogP contribution in [-0.2, 0) is 0 Å². The molecular formula is C12H6BrClFNO3. The highest BCUT2D eigenvalue weighted by Crippen LogP contribution is 2.30. The molecule has 0 fully saturated rings. The monoisotopic (exact) mass is 345 g/mol. The summed E-state index contributed by atoms with van der Waals surface area (Å²) in [5.41, 5.74) is -0.120. The number of aromatic nitrogens is 1. The highest BCUT2D eigenvalue weighted by atomic mass is 79.9. The van der Waals surface area contributed by atoms with Crippen LogP contribution in [0.15, 0.2) is 34.9 Å². The fourth-order valence-corrected chi connectivity index (χ4v) is 1.93. The van der Waals surface area contributed by atoms with Crippen LogP contribution in [-0.4, -0.2) is 16.1 Å². The van der Waals surface area contributed by atoms with Crippen LogP contribution in [0.25, 0.3) is 0 Å². The number of rotatable bonds is 3. The van der Waals surface area contributed by atoms with E-state index >= 15 is 0 Å². The minimum absolute atomic E-state index is 0.0121. The molecule has 19 heavy (non-hydrogen) atoms. The number of carboxylic acid groups (broad SMARTS) is 1. The molecule has 1 N–H and O–H groups in total. The van der Waals surface area contributed by atoms with Crippen LogP contribution in [0.5, 0.6) is 11.6 Å². The highest BCUT2D eigenvalue weighted by Gasteiger charge is 2.12. The Morgan fingerprint density at radius 3 is 2.79 bits per heavy atom. The van der Waals surface area contributed by atoms with E-state index in [9.17, 15) is 9.18 Å². The minimum Gasteiger partial charge on any atom is -0.478 e. The first-order valence-corrected chi connectivity index (χ1v) is 6.16. The summed E-state index contributed by atoms with van der Waals surface area (Å²) < 4.78 is 18.7. The molecule has 98 valence electrons. The van der Waals surface area contributed by atoms with Crippen LogP contribution in [0.4, 0.5) is 4.39 Å². The second kappa shape index (κ2) is 5.54. The van der Waals surface area contributed by atoms with E-state index in [-0.39, 0.29) is 16.5 Å². The maximum atomic E-state index is 12.9. The van der Waals surface area contributed by atoms with Gasteiger partial charge in [0.2, 0.25) is 5.88 Å². The van der Waals surface area contributed by atoms with Gasteiger partial charge in [0.25, 0.3) is 0 Å². The molecular weight excluding hydrogens is 340 g/mol. The number of nitrogens with zero attached hydrogens (tertiary/aromatic N) is 1. The zero-order valence-electron chi connectivity index (χ0n) is 9.23. The molecule has 0 amide bonds. The van der Waals surface area contributed by atoms with Crippen molar-refractivity contribution in [1.29, 1.82) is 0 Å². The average Bonchev–Trinajstić information content (AvgIpc) is 2.34. The lowest BCUT2D eigenvalue weighted by atomic mass is 10.2. The molecule has 0 saturated heterocycles. The van der Waals surface area contributed by atoms with Crippen molar-refractivity contribution < 1.29 is 19.0 Å². The fraction of sp³-hybridized carbons (Fsp3) is 0. The number of carbonyl (C=O) groups is 1. The smallest absolute Gasteiger partial charge is 0.337 e. The van der Waals surface area contributed by atoms with Gasteiger partial charge in [0, 0.05) is 6.07 Å². The van der Waals surface area contributed by atoms with Gasteiger partial charge in [-0.3, -0.25) is 0 Å². The molecule has 0 bridgehead atoms. The van der Waals surface area contributed by atoms with Gasteiger partial charge in [0.1, 0.15) is 11.6 Å². The molecule has 0 unspecified atom stereocenters. The maximum Gasteiger partial charge on any atom is 0.337 e. The van der Waals surface area contributed by atoms with E-state index in [2.05, 4.69) is 20.9 Å². The van der Waals surface area contributed by atoms with E-state index in [0.717, 1.165) is 0 Å². The standard InChI is InChI=1S/C12H6BrClFNO3/c13-8-3-6(15)1-2-10(8)19-11-4-7(12(17)18)9(14)5-16-11/h1-5H,(H,17,18). The normalized spacial score (nSPS) is 10.3. The summed E-state index contributed by atoms with van der Waals surface area (Å²) >= 11 is 8.82. The van der Waals surface area contributed by atoms with E-state index in [1.54, 1.807) is 0 Å². The van der Waals surface area contributed by atoms with Crippen molar-refractivity contribution in [3.8, 4) is 11.6 Å². The summed E-state index contributed by atoms with van der Waals surface area (Å²) in [4.78, 5) is 14.8. The number of benzene rings is 1. The van der Waals surface area contributed by atoms with Gasteiger partial charge in [-0.25, -0.2) is 14.2 Å². The average molecular weight is 347 g/mol. The van der Waals surface area contributed by atoms with Crippen molar-refractivity contribution in [2.75, 3.05) is 0 Å². The second-order valence-electron chi connectivity index (χ2n) is 3.48. The zero-order valence-corrected chi connectivity index (χ0v) is 11.6. The van der Waals surface area contributed by atoms with Crippen LogP contribution in [0, 0.1) is 5.82 Å². The summed E-state index contributed by atoms with van der Waals surface area (Å²) in [5.74, 6) is -1.24. The number of carboxylic acids is 1. The van der Waals surface area contributed by atoms with Crippen LogP contribution in [0.1, 0.15) is 10.4 Å². The van der Waals surface area contributed by atoms with Gasteiger partial charge < -0.3 is 9.84 Å². The van der Waals surface area contributed by atoms with Crippen molar-refractivity contribution in [3.05, 3.63) is 51.3 Å². The van der Waals surface area contributed by atoms with Crippen molar-refractivity contribution in [2.45, 2.75) is 0 Å². The third-order valence-corrected chi connectivity index (χ3v) is 3.09. The molecule has 0 saturated carbocycles. The van der Waals surface area contributed by atoms with Gasteiger partial charge in [-0.15, -0.1) is 0 Å². The molecule has 0 aliphatic carbocycles. The van der Waals surface area contributed by atoms with Gasteiger partial charge in [-0.1, -0.05) is 11.6 Å². The molecule has 2 rings (SSSR count). The summed E-state index contributed by atoms with van der Waals surface area (Å²) in [6, 6.07) is 5.04. The predicted octanol–water partition coefficient (Wildman–Crippen LogP) is 4.13. The molecule has 0 atom stereocenters. The van der Waals surface area contributed by atoms with E-state index in [4.69, 9.17) is 21.4 Å². The maximum absolute atomic E-state index is 12.9. The van der Waals surface area contributed by atoms with Crippen molar-refractivity contribution in [3.63, 3.8) is 0 Å². The molecule has 0 aliphatic heterocycles. The Balaban J connectivity index is 2.33. The number of halogens is 3. The van der Waals surface area contributed by atoms with Gasteiger partial charge in [0.05, 0.1) is 21.3 Å². The third-order valence-electron chi connectivity index (χ3n) is 2.17. The van der Waals surface area contributed by atoms with Crippen LogP contribution in [0.3, 0.4) is 0 Å². The first-order valence-electron chi connectivity index (χ1n) is 4.99. The molecule has 1 aromatic heterocycles. The Morgan fingerprint density at radius 2 is 2.16 bits per heavy atom. The molecule has 0 aliphatic rings. The first kappa shape index (κ1) is 13.8. The minimum atomic E-state index is -1.18. The van der Waals surface area contributed by atoms with Gasteiger partial charge in [0.15, 0.2) is 0 Å². The molecule has 7 heteroatoms. The summed E-state index contributed by atoms with van der Waals surface area (Å²) in [6.07, 6.45) is 1.18. The Bertz CT molecular complexity index is 651. The van der Waals surface area contributed by atoms with Gasteiger partial charge >= 0.3 is 5.97 Å². The lowest BCUT2D eigenvalue weighted by Gasteiger charge is -2.08. The topological polar surface area (TPSA) is 59.4 Å². The molecule has 4 nitrogen and oxygen atoms in total. The van der Waals surface area contributed by atoms with Crippen molar-refractivity contribution >= 4 is 33.5 Å². The van der Waals surface area contributed by atoms with E-state index < -0.39 is 11.8 Å². The van der Waals surface area contributed by atoms with Gasteiger partial charge in [-0.2, -0.15) is 0 Å². The van der Waals surface area contributed by atoms with E-state index in [1.165, 1.54) is 30.5 Å². The second-order valence-corrected chi connectivity index (χ2v) is 4.75. The van der Waals surface area contributed by atoms with Crippen molar-refractivity contribution in [2.24, 2.45) is 0 Å². The Morgan fingerprint density at radius 1 is 1.42 bits per heavy atom. The molecule has 1 aromatic carbocycles. The molecule has 2 aromatic rings. The van der Waals surface area contributed by atoms with Gasteiger partial charge in [-0.05, 0) is 34.1 Å². The van der Waals surface area contributed by atoms with Crippen LogP contribution in [0.2, 0.25) is 5.02 Å². The summed E-state index contributed by atoms with van der Waals surface area (Å²) in [5, 5.41) is 8.93. The molecule has 0 radical (unpaired) electrons. The van der Waals surface area contributed by atoms with E-state index in [1.807, 2.05) is 0 Å². The lowest BCUT2D eigenvalue weighted by Crippen LogP contribution is -1.99. The number of hydrogen-bond donors (Lipinski definition) is 1. The summed E-state index contributed by atoms with van der Waals surface area (Å²) in [6.45, 7) is 0. The summed E-state index contributed by atoms with van der Waals surface area (Å²) in [7, 11) is 0. The predicted molar refractivity (Wildman–Crippen MR) is 70.4 cm³/mol. The quantitative estimate of drug-likeness (QED) is 0.908. The molecule has 1 heterocycles.